The molecule has 0 aliphatic carbocycles. The number of hydrazine groups is 1. The van der Waals surface area contributed by atoms with E-state index in [0.717, 1.165) is 32.6 Å². The summed E-state index contributed by atoms with van der Waals surface area (Å²) in [5, 5.41) is 0. The Balaban J connectivity index is 1.33. The number of ether oxygens (including phenoxy) is 1. The molecule has 0 aromatic heterocycles. The fourth-order valence-electron chi connectivity index (χ4n) is 3.91. The number of nitrogens with zero attached hydrogens (tertiary/aromatic N) is 2. The van der Waals surface area contributed by atoms with Crippen LogP contribution in [0.1, 0.15) is 28.4 Å². The van der Waals surface area contributed by atoms with Gasteiger partial charge in [0.1, 0.15) is 5.75 Å². The number of para-hydroxylation sites is 1. The zero-order valence-corrected chi connectivity index (χ0v) is 15.6. The first-order valence-corrected chi connectivity index (χ1v) is 9.48. The van der Waals surface area contributed by atoms with Crippen molar-refractivity contribution in [1.82, 2.24) is 20.7 Å². The van der Waals surface area contributed by atoms with Crippen molar-refractivity contribution in [2.75, 3.05) is 33.3 Å². The van der Waals surface area contributed by atoms with Gasteiger partial charge in [0.05, 0.1) is 18.8 Å². The van der Waals surface area contributed by atoms with Gasteiger partial charge in [0.2, 0.25) is 0 Å². The van der Waals surface area contributed by atoms with Crippen LogP contribution in [-0.4, -0.2) is 55.2 Å². The summed E-state index contributed by atoms with van der Waals surface area (Å²) in [5.41, 5.74) is 8.77. The Morgan fingerprint density at radius 1 is 0.963 bits per heavy atom. The predicted octanol–water partition coefficient (Wildman–Crippen LogP) is 2.02. The molecule has 2 unspecified atom stereocenters. The molecule has 2 atom stereocenters. The molecule has 0 bridgehead atoms. The maximum absolute atomic E-state index is 12.8. The number of hydrogen-bond donors (Lipinski definition) is 2. The number of amides is 1. The van der Waals surface area contributed by atoms with Crippen molar-refractivity contribution in [3.63, 3.8) is 0 Å². The van der Waals surface area contributed by atoms with Gasteiger partial charge in [-0.25, -0.2) is 10.9 Å². The quantitative estimate of drug-likeness (QED) is 0.867. The van der Waals surface area contributed by atoms with E-state index >= 15 is 0 Å². The molecular formula is C21H26N4O2. The van der Waals surface area contributed by atoms with Crippen molar-refractivity contribution in [2.24, 2.45) is 0 Å². The highest BCUT2D eigenvalue weighted by molar-refractivity contribution is 5.97. The van der Waals surface area contributed by atoms with E-state index in [0.29, 0.717) is 23.5 Å². The van der Waals surface area contributed by atoms with Gasteiger partial charge in [-0.1, -0.05) is 42.5 Å². The average Bonchev–Trinajstić information content (AvgIpc) is 3.24. The van der Waals surface area contributed by atoms with E-state index in [1.807, 2.05) is 35.2 Å². The van der Waals surface area contributed by atoms with Crippen LogP contribution in [0.5, 0.6) is 5.75 Å². The van der Waals surface area contributed by atoms with E-state index in [-0.39, 0.29) is 5.91 Å². The van der Waals surface area contributed by atoms with Gasteiger partial charge in [-0.15, -0.1) is 0 Å². The van der Waals surface area contributed by atoms with E-state index in [1.54, 1.807) is 7.11 Å². The third-order valence-corrected chi connectivity index (χ3v) is 5.46. The molecule has 142 valence electrons. The maximum Gasteiger partial charge on any atom is 0.257 e. The van der Waals surface area contributed by atoms with Gasteiger partial charge in [-0.3, -0.25) is 9.69 Å². The summed E-state index contributed by atoms with van der Waals surface area (Å²) in [7, 11) is 1.60. The lowest BCUT2D eigenvalue weighted by Gasteiger charge is -2.37. The molecule has 0 saturated carbocycles. The van der Waals surface area contributed by atoms with Crippen LogP contribution in [0.3, 0.4) is 0 Å². The first kappa shape index (κ1) is 18.0. The largest absolute Gasteiger partial charge is 0.496 e. The van der Waals surface area contributed by atoms with Crippen molar-refractivity contribution >= 4 is 5.91 Å². The zero-order valence-electron chi connectivity index (χ0n) is 15.6. The smallest absolute Gasteiger partial charge is 0.257 e. The van der Waals surface area contributed by atoms with Gasteiger partial charge >= 0.3 is 0 Å². The molecule has 2 aromatic rings. The lowest BCUT2D eigenvalue weighted by atomic mass is 10.0. The highest BCUT2D eigenvalue weighted by atomic mass is 16.5. The molecule has 27 heavy (non-hydrogen) atoms. The van der Waals surface area contributed by atoms with Crippen molar-refractivity contribution < 1.29 is 9.53 Å². The van der Waals surface area contributed by atoms with Crippen LogP contribution >= 0.6 is 0 Å². The van der Waals surface area contributed by atoms with Gasteiger partial charge in [0.25, 0.3) is 5.91 Å². The van der Waals surface area contributed by atoms with Crippen molar-refractivity contribution in [3.8, 4) is 5.75 Å². The van der Waals surface area contributed by atoms with Crippen LogP contribution < -0.4 is 15.6 Å². The molecular weight excluding hydrogens is 340 g/mol. The summed E-state index contributed by atoms with van der Waals surface area (Å²) in [6, 6.07) is 18.3. The van der Waals surface area contributed by atoms with Crippen LogP contribution in [0.15, 0.2) is 54.6 Å². The number of hydrogen-bond acceptors (Lipinski definition) is 5. The monoisotopic (exact) mass is 366 g/mol. The molecule has 0 radical (unpaired) electrons. The SMILES string of the molecule is COc1ccccc1C(=O)N1CCN(C2CC(c3ccccc3)NN2)CC1. The van der Waals surface area contributed by atoms with E-state index in [4.69, 9.17) is 4.74 Å². The van der Waals surface area contributed by atoms with E-state index in [9.17, 15) is 4.79 Å². The number of piperazine rings is 1. The van der Waals surface area contributed by atoms with Crippen LogP contribution in [0, 0.1) is 0 Å². The lowest BCUT2D eigenvalue weighted by Crippen LogP contribution is -2.55. The number of carbonyl (C=O) groups is 1. The molecule has 2 N–H and O–H groups in total. The normalized spacial score (nSPS) is 23.4. The predicted molar refractivity (Wildman–Crippen MR) is 104 cm³/mol. The second-order valence-electron chi connectivity index (χ2n) is 7.03. The Hall–Kier alpha value is -2.41. The summed E-state index contributed by atoms with van der Waals surface area (Å²) in [6.45, 7) is 3.18. The number of rotatable bonds is 4. The fraction of sp³-hybridized carbons (Fsp3) is 0.381. The Kier molecular flexibility index (Phi) is 5.38. The van der Waals surface area contributed by atoms with Crippen LogP contribution in [0.4, 0.5) is 0 Å². The van der Waals surface area contributed by atoms with E-state index in [2.05, 4.69) is 40.0 Å². The first-order chi connectivity index (χ1) is 13.3. The van der Waals surface area contributed by atoms with Crippen molar-refractivity contribution in [3.05, 3.63) is 65.7 Å². The van der Waals surface area contributed by atoms with Crippen molar-refractivity contribution in [2.45, 2.75) is 18.6 Å². The number of carbonyl (C=O) groups excluding carboxylic acids is 1. The molecule has 0 spiro atoms. The minimum atomic E-state index is 0.0479. The van der Waals surface area contributed by atoms with Gasteiger partial charge < -0.3 is 9.64 Å². The summed E-state index contributed by atoms with van der Waals surface area (Å²) in [4.78, 5) is 17.2. The molecule has 2 saturated heterocycles. The van der Waals surface area contributed by atoms with Gasteiger partial charge in [0, 0.05) is 32.2 Å². The van der Waals surface area contributed by atoms with Gasteiger partial charge in [-0.05, 0) is 24.1 Å². The van der Waals surface area contributed by atoms with Crippen LogP contribution in [0.25, 0.3) is 0 Å². The molecule has 2 aliphatic heterocycles. The van der Waals surface area contributed by atoms with E-state index in [1.165, 1.54) is 5.56 Å². The third kappa shape index (κ3) is 3.83. The maximum atomic E-state index is 12.8. The lowest BCUT2D eigenvalue weighted by molar-refractivity contribution is 0.0542. The summed E-state index contributed by atoms with van der Waals surface area (Å²) in [6.07, 6.45) is 1.31. The van der Waals surface area contributed by atoms with Gasteiger partial charge in [-0.2, -0.15) is 0 Å². The Labute approximate surface area is 160 Å². The Bertz CT molecular complexity index is 775. The zero-order chi connectivity index (χ0) is 18.6. The number of nitrogens with one attached hydrogen (secondary N) is 2. The Morgan fingerprint density at radius 2 is 1.67 bits per heavy atom. The second-order valence-corrected chi connectivity index (χ2v) is 7.03. The minimum absolute atomic E-state index is 0.0479. The number of methoxy groups -OCH3 is 1. The number of benzene rings is 2. The fourth-order valence-corrected chi connectivity index (χ4v) is 3.91. The van der Waals surface area contributed by atoms with E-state index < -0.39 is 0 Å². The standard InChI is InChI=1S/C21H26N4O2/c1-27-19-10-6-5-9-17(19)21(26)25-13-11-24(12-14-25)20-15-18(22-23-20)16-7-3-2-4-8-16/h2-10,18,20,22-23H,11-15H2,1H3. The molecule has 1 amide bonds. The summed E-state index contributed by atoms with van der Waals surface area (Å²) < 4.78 is 5.34. The highest BCUT2D eigenvalue weighted by Gasteiger charge is 2.32. The molecule has 6 nitrogen and oxygen atoms in total. The average molecular weight is 366 g/mol. The summed E-state index contributed by atoms with van der Waals surface area (Å²) >= 11 is 0. The molecule has 4 rings (SSSR count). The van der Waals surface area contributed by atoms with Crippen LogP contribution in [0.2, 0.25) is 0 Å². The topological polar surface area (TPSA) is 56.8 Å². The summed E-state index contributed by atoms with van der Waals surface area (Å²) in [5.74, 6) is 0.684. The third-order valence-electron chi connectivity index (χ3n) is 5.46. The molecule has 2 aliphatic rings. The molecule has 2 aromatic carbocycles. The Morgan fingerprint density at radius 3 is 2.41 bits per heavy atom. The minimum Gasteiger partial charge on any atom is -0.496 e. The van der Waals surface area contributed by atoms with Crippen LogP contribution in [-0.2, 0) is 0 Å². The molecule has 6 heteroatoms. The second kappa shape index (κ2) is 8.08. The molecule has 2 heterocycles. The highest BCUT2D eigenvalue weighted by Crippen LogP contribution is 2.25. The van der Waals surface area contributed by atoms with Crippen molar-refractivity contribution in [1.29, 1.82) is 0 Å². The first-order valence-electron chi connectivity index (χ1n) is 9.48. The molecule has 2 fully saturated rings. The van der Waals surface area contributed by atoms with Gasteiger partial charge in [0.15, 0.2) is 0 Å².